The summed E-state index contributed by atoms with van der Waals surface area (Å²) in [5, 5.41) is 9.18. The molecule has 9 nitrogen and oxygen atoms in total. The molecule has 0 atom stereocenters. The number of carboxylic acid groups (broad SMARTS) is 1. The monoisotopic (exact) mass is 562 g/mol. The van der Waals surface area contributed by atoms with E-state index in [9.17, 15) is 23.1 Å². The number of aryl methyl sites for hydroxylation is 2. The SMILES string of the molecule is Cc1oc(-c2ccccc2)nc1CCOc1ccc(CCC(=O)O)c(C(=O)N(Cc2ccccc2)S(C)(=O)=O)c1. The predicted octanol–water partition coefficient (Wildman–Crippen LogP) is 4.89. The van der Waals surface area contributed by atoms with Crippen molar-refractivity contribution in [3.8, 4) is 17.2 Å². The number of aromatic nitrogens is 1. The first-order valence-electron chi connectivity index (χ1n) is 12.7. The molecule has 0 aliphatic carbocycles. The van der Waals surface area contributed by atoms with E-state index in [4.69, 9.17) is 9.15 Å². The number of carbonyl (C=O) groups excluding carboxylic acids is 1. The third kappa shape index (κ3) is 7.35. The van der Waals surface area contributed by atoms with Gasteiger partial charge in [0.05, 0.1) is 25.1 Å². The quantitative estimate of drug-likeness (QED) is 0.259. The molecular weight excluding hydrogens is 532 g/mol. The van der Waals surface area contributed by atoms with Gasteiger partial charge in [-0.3, -0.25) is 9.59 Å². The summed E-state index contributed by atoms with van der Waals surface area (Å²) in [5.41, 5.74) is 2.73. The van der Waals surface area contributed by atoms with Crippen molar-refractivity contribution in [3.05, 3.63) is 107 Å². The summed E-state index contributed by atoms with van der Waals surface area (Å²) in [7, 11) is -3.94. The molecule has 0 saturated carbocycles. The average molecular weight is 563 g/mol. The van der Waals surface area contributed by atoms with Crippen LogP contribution < -0.4 is 4.74 Å². The molecule has 4 aromatic rings. The van der Waals surface area contributed by atoms with Crippen LogP contribution in [0.15, 0.2) is 83.3 Å². The van der Waals surface area contributed by atoms with Crippen molar-refractivity contribution in [1.82, 2.24) is 9.29 Å². The van der Waals surface area contributed by atoms with Crippen LogP contribution in [-0.4, -0.2) is 47.6 Å². The molecular formula is C30H30N2O7S. The van der Waals surface area contributed by atoms with Gasteiger partial charge in [0.15, 0.2) is 0 Å². The lowest BCUT2D eigenvalue weighted by atomic mass is 10.0. The summed E-state index contributed by atoms with van der Waals surface area (Å²) in [6, 6.07) is 23.0. The minimum absolute atomic E-state index is 0.0556. The number of benzene rings is 3. The number of hydrogen-bond donors (Lipinski definition) is 1. The highest BCUT2D eigenvalue weighted by Gasteiger charge is 2.27. The molecule has 10 heteroatoms. The predicted molar refractivity (Wildman–Crippen MR) is 149 cm³/mol. The van der Waals surface area contributed by atoms with Crippen LogP contribution in [0.5, 0.6) is 5.75 Å². The van der Waals surface area contributed by atoms with Crippen molar-refractivity contribution in [3.63, 3.8) is 0 Å². The number of rotatable bonds is 12. The van der Waals surface area contributed by atoms with Gasteiger partial charge in [-0.1, -0.05) is 54.6 Å². The minimum Gasteiger partial charge on any atom is -0.493 e. The van der Waals surface area contributed by atoms with E-state index in [1.54, 1.807) is 42.5 Å². The Kier molecular flexibility index (Phi) is 9.00. The lowest BCUT2D eigenvalue weighted by molar-refractivity contribution is -0.136. The third-order valence-corrected chi connectivity index (χ3v) is 7.33. The maximum absolute atomic E-state index is 13.6. The van der Waals surface area contributed by atoms with Crippen LogP contribution in [-0.2, 0) is 34.2 Å². The van der Waals surface area contributed by atoms with Crippen molar-refractivity contribution in [2.24, 2.45) is 0 Å². The van der Waals surface area contributed by atoms with E-state index in [1.807, 2.05) is 37.3 Å². The number of carboxylic acids is 1. The molecule has 3 aromatic carbocycles. The van der Waals surface area contributed by atoms with Crippen LogP contribution in [0.25, 0.3) is 11.5 Å². The number of amides is 1. The van der Waals surface area contributed by atoms with Gasteiger partial charge in [-0.15, -0.1) is 0 Å². The van der Waals surface area contributed by atoms with Crippen LogP contribution in [0.2, 0.25) is 0 Å². The maximum atomic E-state index is 13.6. The van der Waals surface area contributed by atoms with Crippen LogP contribution in [0, 0.1) is 6.92 Å². The number of aliphatic carboxylic acids is 1. The molecule has 0 aliphatic heterocycles. The van der Waals surface area contributed by atoms with E-state index in [2.05, 4.69) is 4.98 Å². The number of nitrogens with zero attached hydrogens (tertiary/aromatic N) is 2. The molecule has 1 heterocycles. The highest BCUT2D eigenvalue weighted by molar-refractivity contribution is 7.88. The Morgan fingerprint density at radius 1 is 0.975 bits per heavy atom. The van der Waals surface area contributed by atoms with E-state index in [0.717, 1.165) is 21.8 Å². The van der Waals surface area contributed by atoms with Gasteiger partial charge in [0.2, 0.25) is 15.9 Å². The van der Waals surface area contributed by atoms with E-state index in [-0.39, 0.29) is 31.6 Å². The van der Waals surface area contributed by atoms with Gasteiger partial charge in [-0.05, 0) is 48.7 Å². The zero-order valence-electron chi connectivity index (χ0n) is 22.2. The molecule has 4 rings (SSSR count). The van der Waals surface area contributed by atoms with Gasteiger partial charge in [-0.2, -0.15) is 0 Å². The van der Waals surface area contributed by atoms with Crippen molar-refractivity contribution in [1.29, 1.82) is 0 Å². The van der Waals surface area contributed by atoms with Crippen LogP contribution in [0.4, 0.5) is 0 Å². The van der Waals surface area contributed by atoms with E-state index in [0.29, 0.717) is 34.9 Å². The maximum Gasteiger partial charge on any atom is 0.303 e. The summed E-state index contributed by atoms with van der Waals surface area (Å²) in [4.78, 5) is 29.4. The Morgan fingerprint density at radius 3 is 2.30 bits per heavy atom. The fourth-order valence-corrected chi connectivity index (χ4v) is 4.94. The first kappa shape index (κ1) is 28.6. The van der Waals surface area contributed by atoms with Gasteiger partial charge in [0, 0.05) is 24.0 Å². The fourth-order valence-electron chi connectivity index (χ4n) is 4.16. The zero-order chi connectivity index (χ0) is 28.7. The summed E-state index contributed by atoms with van der Waals surface area (Å²) >= 11 is 0. The second-order valence-electron chi connectivity index (χ2n) is 9.26. The molecule has 1 aromatic heterocycles. The first-order chi connectivity index (χ1) is 19.1. The first-order valence-corrected chi connectivity index (χ1v) is 14.5. The topological polar surface area (TPSA) is 127 Å². The van der Waals surface area contributed by atoms with Crippen LogP contribution >= 0.6 is 0 Å². The molecule has 0 fully saturated rings. The number of oxazole rings is 1. The normalized spacial score (nSPS) is 11.2. The van der Waals surface area contributed by atoms with Crippen LogP contribution in [0.3, 0.4) is 0 Å². The summed E-state index contributed by atoms with van der Waals surface area (Å²) in [5.74, 6) is -0.243. The van der Waals surface area contributed by atoms with Crippen molar-refractivity contribution < 1.29 is 32.3 Å². The average Bonchev–Trinajstić information content (AvgIpc) is 3.31. The Balaban J connectivity index is 1.55. The van der Waals surface area contributed by atoms with E-state index < -0.39 is 21.9 Å². The second-order valence-corrected chi connectivity index (χ2v) is 11.2. The highest BCUT2D eigenvalue weighted by atomic mass is 32.2. The lowest BCUT2D eigenvalue weighted by Gasteiger charge is -2.22. The Labute approximate surface area is 233 Å². The largest absolute Gasteiger partial charge is 0.493 e. The number of sulfonamides is 1. The second kappa shape index (κ2) is 12.6. The Bertz CT molecular complexity index is 1580. The molecule has 1 N–H and O–H groups in total. The van der Waals surface area contributed by atoms with Gasteiger partial charge in [-0.25, -0.2) is 17.7 Å². The summed E-state index contributed by atoms with van der Waals surface area (Å²) in [6.45, 7) is 1.90. The molecule has 0 bridgehead atoms. The van der Waals surface area contributed by atoms with Gasteiger partial charge >= 0.3 is 5.97 Å². The summed E-state index contributed by atoms with van der Waals surface area (Å²) < 4.78 is 37.8. The molecule has 0 aliphatic rings. The highest BCUT2D eigenvalue weighted by Crippen LogP contribution is 2.25. The van der Waals surface area contributed by atoms with Crippen molar-refractivity contribution in [2.45, 2.75) is 32.7 Å². The third-order valence-electron chi connectivity index (χ3n) is 6.24. The summed E-state index contributed by atoms with van der Waals surface area (Å²) in [6.07, 6.45) is 1.25. The Morgan fingerprint density at radius 2 is 1.65 bits per heavy atom. The molecule has 0 unspecified atom stereocenters. The molecule has 208 valence electrons. The van der Waals surface area contributed by atoms with E-state index in [1.165, 1.54) is 6.07 Å². The molecule has 40 heavy (non-hydrogen) atoms. The van der Waals surface area contributed by atoms with Crippen molar-refractivity contribution >= 4 is 21.9 Å². The molecule has 0 saturated heterocycles. The minimum atomic E-state index is -3.94. The standard InChI is InChI=1S/C30H30N2O7S/c1-21-27(31-29(39-21)24-11-7-4-8-12-24)17-18-38-25-15-13-23(14-16-28(33)34)26(19-25)30(35)32(40(2,36)37)20-22-9-5-3-6-10-22/h3-13,15,19H,14,16-18,20H2,1-2H3,(H,33,34). The van der Waals surface area contributed by atoms with Gasteiger partial charge < -0.3 is 14.3 Å². The van der Waals surface area contributed by atoms with Gasteiger partial charge in [0.1, 0.15) is 11.5 Å². The number of ether oxygens (including phenoxy) is 1. The lowest BCUT2D eigenvalue weighted by Crippen LogP contribution is -2.36. The molecule has 0 spiro atoms. The Hall–Kier alpha value is -4.44. The number of hydrogen-bond acceptors (Lipinski definition) is 7. The van der Waals surface area contributed by atoms with Crippen molar-refractivity contribution in [2.75, 3.05) is 12.9 Å². The molecule has 0 radical (unpaired) electrons. The van der Waals surface area contributed by atoms with Crippen LogP contribution in [0.1, 0.15) is 39.4 Å². The molecule has 1 amide bonds. The smallest absolute Gasteiger partial charge is 0.303 e. The fraction of sp³-hybridized carbons (Fsp3) is 0.233. The zero-order valence-corrected chi connectivity index (χ0v) is 23.1. The van der Waals surface area contributed by atoms with E-state index >= 15 is 0 Å². The number of carbonyl (C=O) groups is 2. The van der Waals surface area contributed by atoms with Gasteiger partial charge in [0.25, 0.3) is 5.91 Å².